The van der Waals surface area contributed by atoms with Crippen molar-refractivity contribution in [1.29, 1.82) is 0 Å². The number of nitrogens with one attached hydrogen (secondary N) is 1. The Morgan fingerprint density at radius 1 is 1.00 bits per heavy atom. The molecule has 5 heterocycles. The molecule has 31 heavy (non-hydrogen) atoms. The van der Waals surface area contributed by atoms with Crippen molar-refractivity contribution in [1.82, 2.24) is 29.3 Å². The van der Waals surface area contributed by atoms with Gasteiger partial charge in [-0.05, 0) is 68.2 Å². The van der Waals surface area contributed by atoms with Crippen LogP contribution < -0.4 is 5.32 Å². The van der Waals surface area contributed by atoms with Gasteiger partial charge in [0.15, 0.2) is 5.65 Å². The van der Waals surface area contributed by atoms with Crippen LogP contribution in [0, 0.1) is 11.7 Å². The fourth-order valence-corrected chi connectivity index (χ4v) is 4.43. The Kier molecular flexibility index (Phi) is 4.31. The van der Waals surface area contributed by atoms with Crippen molar-refractivity contribution < 1.29 is 8.81 Å². The van der Waals surface area contributed by atoms with E-state index in [0.717, 1.165) is 66.3 Å². The summed E-state index contributed by atoms with van der Waals surface area (Å²) in [6.45, 7) is 2.12. The van der Waals surface area contributed by atoms with E-state index in [9.17, 15) is 4.39 Å². The minimum Gasteiger partial charge on any atom is -0.432 e. The number of fused-ring (bicyclic) bond motifs is 2. The molecule has 7 nitrogen and oxygen atoms in total. The standard InChI is InChI=1S/C23H21FN6O/c24-18-4-1-16(2-5-18)21-22(29-11-12-31-23(29)26-21)17-3-6-19-27-28-20(30(19)14-17)13-15-7-9-25-10-8-15/h1-6,11-12,14-15,25H,7-10,13H2. The van der Waals surface area contributed by atoms with E-state index >= 15 is 0 Å². The molecule has 8 heteroatoms. The van der Waals surface area contributed by atoms with Crippen LogP contribution >= 0.6 is 0 Å². The van der Waals surface area contributed by atoms with Crippen molar-refractivity contribution >= 4 is 11.5 Å². The van der Waals surface area contributed by atoms with Gasteiger partial charge >= 0.3 is 5.84 Å². The predicted octanol–water partition coefficient (Wildman–Crippen LogP) is 3.99. The molecule has 0 spiro atoms. The van der Waals surface area contributed by atoms with Crippen molar-refractivity contribution in [3.63, 3.8) is 0 Å². The normalized spacial score (nSPS) is 15.3. The molecule has 156 valence electrons. The maximum absolute atomic E-state index is 13.5. The fourth-order valence-electron chi connectivity index (χ4n) is 4.43. The van der Waals surface area contributed by atoms with Crippen LogP contribution in [0.15, 0.2) is 59.5 Å². The molecule has 4 aromatic heterocycles. The predicted molar refractivity (Wildman–Crippen MR) is 114 cm³/mol. The molecule has 0 unspecified atom stereocenters. The summed E-state index contributed by atoms with van der Waals surface area (Å²) in [6.07, 6.45) is 8.74. The third-order valence-electron chi connectivity index (χ3n) is 6.06. The lowest BCUT2D eigenvalue weighted by Crippen LogP contribution is -2.29. The van der Waals surface area contributed by atoms with Crippen molar-refractivity contribution in [2.45, 2.75) is 19.3 Å². The molecular weight excluding hydrogens is 395 g/mol. The second kappa shape index (κ2) is 7.31. The smallest absolute Gasteiger partial charge is 0.306 e. The lowest BCUT2D eigenvalue weighted by atomic mass is 9.94. The second-order valence-electron chi connectivity index (χ2n) is 8.03. The summed E-state index contributed by atoms with van der Waals surface area (Å²) in [5.41, 5.74) is 4.25. The number of halogens is 1. The number of hydrogen-bond acceptors (Lipinski definition) is 5. The van der Waals surface area contributed by atoms with Crippen LogP contribution in [0.1, 0.15) is 18.7 Å². The lowest BCUT2D eigenvalue weighted by molar-refractivity contribution is 0.366. The zero-order chi connectivity index (χ0) is 20.8. The highest BCUT2D eigenvalue weighted by atomic mass is 19.1. The number of rotatable bonds is 4. The summed E-state index contributed by atoms with van der Waals surface area (Å²) in [4.78, 5) is 4.66. The molecule has 0 bridgehead atoms. The average Bonchev–Trinajstić information content (AvgIpc) is 3.50. The number of piperidine rings is 1. The van der Waals surface area contributed by atoms with Gasteiger partial charge in [-0.3, -0.25) is 8.80 Å². The molecule has 1 saturated heterocycles. The maximum atomic E-state index is 13.5. The van der Waals surface area contributed by atoms with Gasteiger partial charge in [-0.1, -0.05) is 0 Å². The van der Waals surface area contributed by atoms with Gasteiger partial charge in [-0.15, -0.1) is 10.2 Å². The first kappa shape index (κ1) is 18.3. The third-order valence-corrected chi connectivity index (χ3v) is 6.06. The first-order valence-electron chi connectivity index (χ1n) is 10.5. The number of aromatic nitrogens is 5. The molecule has 1 aromatic carbocycles. The van der Waals surface area contributed by atoms with E-state index in [0.29, 0.717) is 11.8 Å². The van der Waals surface area contributed by atoms with Crippen molar-refractivity contribution in [3.8, 4) is 22.5 Å². The summed E-state index contributed by atoms with van der Waals surface area (Å²) in [5, 5.41) is 12.2. The minimum absolute atomic E-state index is 0.276. The Labute approximate surface area is 177 Å². The Hall–Kier alpha value is -3.52. The van der Waals surface area contributed by atoms with Gasteiger partial charge < -0.3 is 9.73 Å². The zero-order valence-electron chi connectivity index (χ0n) is 16.8. The van der Waals surface area contributed by atoms with Gasteiger partial charge in [0.1, 0.15) is 23.6 Å². The van der Waals surface area contributed by atoms with Gasteiger partial charge in [0.2, 0.25) is 0 Å². The highest BCUT2D eigenvalue weighted by Crippen LogP contribution is 2.33. The Morgan fingerprint density at radius 2 is 1.81 bits per heavy atom. The second-order valence-corrected chi connectivity index (χ2v) is 8.03. The first-order chi connectivity index (χ1) is 15.3. The molecule has 1 fully saturated rings. The van der Waals surface area contributed by atoms with Crippen LogP contribution in [0.5, 0.6) is 0 Å². The molecule has 0 radical (unpaired) electrons. The van der Waals surface area contributed by atoms with Crippen LogP contribution in [-0.4, -0.2) is 37.1 Å². The van der Waals surface area contributed by atoms with Gasteiger partial charge in [-0.25, -0.2) is 4.39 Å². The molecule has 6 rings (SSSR count). The number of imidazole rings is 1. The molecule has 0 atom stereocenters. The van der Waals surface area contributed by atoms with Gasteiger partial charge in [-0.2, -0.15) is 4.98 Å². The van der Waals surface area contributed by atoms with Crippen LogP contribution in [0.25, 0.3) is 34.0 Å². The van der Waals surface area contributed by atoms with E-state index in [1.807, 2.05) is 22.7 Å². The zero-order valence-corrected chi connectivity index (χ0v) is 16.8. The van der Waals surface area contributed by atoms with E-state index in [2.05, 4.69) is 31.1 Å². The van der Waals surface area contributed by atoms with E-state index in [1.165, 1.54) is 12.1 Å². The van der Waals surface area contributed by atoms with E-state index < -0.39 is 0 Å². The van der Waals surface area contributed by atoms with Crippen molar-refractivity contribution in [3.05, 3.63) is 66.7 Å². The van der Waals surface area contributed by atoms with E-state index in [-0.39, 0.29) is 5.82 Å². The highest BCUT2D eigenvalue weighted by molar-refractivity contribution is 5.81. The van der Waals surface area contributed by atoms with E-state index in [1.54, 1.807) is 18.4 Å². The first-order valence-corrected chi connectivity index (χ1v) is 10.5. The quantitative estimate of drug-likeness (QED) is 0.480. The Bertz CT molecular complexity index is 1360. The Balaban J connectivity index is 1.47. The van der Waals surface area contributed by atoms with Crippen LogP contribution in [0.3, 0.4) is 0 Å². The van der Waals surface area contributed by atoms with Gasteiger partial charge in [0.25, 0.3) is 0 Å². The largest absolute Gasteiger partial charge is 0.432 e. The molecule has 0 amide bonds. The van der Waals surface area contributed by atoms with Crippen LogP contribution in [0.2, 0.25) is 0 Å². The van der Waals surface area contributed by atoms with Gasteiger partial charge in [0, 0.05) is 29.9 Å². The number of hydrogen-bond donors (Lipinski definition) is 1. The van der Waals surface area contributed by atoms with Gasteiger partial charge in [0.05, 0.1) is 5.69 Å². The summed E-state index contributed by atoms with van der Waals surface area (Å²) in [5.74, 6) is 1.80. The summed E-state index contributed by atoms with van der Waals surface area (Å²) >= 11 is 0. The maximum Gasteiger partial charge on any atom is 0.306 e. The lowest BCUT2D eigenvalue weighted by Gasteiger charge is -2.21. The molecule has 1 N–H and O–H groups in total. The van der Waals surface area contributed by atoms with Crippen LogP contribution in [-0.2, 0) is 6.42 Å². The molecule has 0 aliphatic carbocycles. The minimum atomic E-state index is -0.276. The summed E-state index contributed by atoms with van der Waals surface area (Å²) in [7, 11) is 0. The van der Waals surface area contributed by atoms with Crippen molar-refractivity contribution in [2.75, 3.05) is 13.1 Å². The topological polar surface area (TPSA) is 72.7 Å². The molecule has 0 saturated carbocycles. The van der Waals surface area contributed by atoms with E-state index in [4.69, 9.17) is 4.42 Å². The average molecular weight is 416 g/mol. The monoisotopic (exact) mass is 416 g/mol. The summed E-state index contributed by atoms with van der Waals surface area (Å²) in [6, 6.07) is 10.4. The van der Waals surface area contributed by atoms with Crippen molar-refractivity contribution in [2.24, 2.45) is 5.92 Å². The number of benzene rings is 1. The molecule has 1 aliphatic rings. The number of pyridine rings is 1. The molecular formula is C23H21FN6O. The van der Waals surface area contributed by atoms with Crippen LogP contribution in [0.4, 0.5) is 4.39 Å². The summed E-state index contributed by atoms with van der Waals surface area (Å²) < 4.78 is 23.0. The highest BCUT2D eigenvalue weighted by Gasteiger charge is 2.20. The number of nitrogens with zero attached hydrogens (tertiary/aromatic N) is 5. The molecule has 1 aliphatic heterocycles. The Morgan fingerprint density at radius 3 is 2.65 bits per heavy atom. The molecule has 5 aromatic rings. The SMILES string of the molecule is Fc1ccc(-c2nc3occn3c2-c2ccc3nnc(CC4CCNCC4)n3c2)cc1. The fraction of sp³-hybridized carbons (Fsp3) is 0.261. The third kappa shape index (κ3) is 3.19. The number of oxazole rings is 1.